The lowest BCUT2D eigenvalue weighted by atomic mass is 10.2. The number of hydrogen-bond donors (Lipinski definition) is 4. The molecule has 1 rings (SSSR count). The van der Waals surface area contributed by atoms with Gasteiger partial charge in [-0.3, -0.25) is 4.79 Å². The van der Waals surface area contributed by atoms with E-state index in [4.69, 9.17) is 10.2 Å². The molecule has 1 amide bonds. The maximum atomic E-state index is 11.9. The fourth-order valence-corrected chi connectivity index (χ4v) is 2.06. The number of anilines is 1. The molecule has 0 radical (unpaired) electrons. The summed E-state index contributed by atoms with van der Waals surface area (Å²) in [5.74, 6) is -1.52. The van der Waals surface area contributed by atoms with Crippen LogP contribution in [0.3, 0.4) is 0 Å². The van der Waals surface area contributed by atoms with Gasteiger partial charge in [0.2, 0.25) is 5.91 Å². The minimum Gasteiger partial charge on any atom is -0.478 e. The normalized spacial score (nSPS) is 12.7. The van der Waals surface area contributed by atoms with Gasteiger partial charge in [0.15, 0.2) is 0 Å². The van der Waals surface area contributed by atoms with E-state index in [0.717, 1.165) is 0 Å². The van der Waals surface area contributed by atoms with Gasteiger partial charge in [-0.05, 0) is 37.3 Å². The van der Waals surface area contributed by atoms with E-state index in [1.54, 1.807) is 43.3 Å². The van der Waals surface area contributed by atoms with Gasteiger partial charge in [-0.25, -0.2) is 14.1 Å². The Morgan fingerprint density at radius 1 is 1.33 bits per heavy atom. The summed E-state index contributed by atoms with van der Waals surface area (Å²) < 4.78 is 11.1. The van der Waals surface area contributed by atoms with E-state index in [1.807, 2.05) is 0 Å². The summed E-state index contributed by atoms with van der Waals surface area (Å²) in [7, 11) is -1.58. The number of carbonyl (C=O) groups excluding carboxylic acids is 1. The molecule has 1 unspecified atom stereocenters. The van der Waals surface area contributed by atoms with Crippen LogP contribution < -0.4 is 15.8 Å². The van der Waals surface area contributed by atoms with Crippen molar-refractivity contribution in [1.82, 2.24) is 5.32 Å². The molecule has 0 heterocycles. The second-order valence-corrected chi connectivity index (χ2v) is 5.68. The molecular weight excluding hydrogens is 330 g/mol. The van der Waals surface area contributed by atoms with Gasteiger partial charge >= 0.3 is 5.97 Å². The van der Waals surface area contributed by atoms with E-state index >= 15 is 0 Å². The van der Waals surface area contributed by atoms with Gasteiger partial charge < -0.3 is 15.7 Å². The molecule has 0 aromatic heterocycles. The molecule has 0 aliphatic carbocycles. The predicted molar refractivity (Wildman–Crippen MR) is 93.3 cm³/mol. The third-order valence-corrected chi connectivity index (χ3v) is 3.58. The Hall–Kier alpha value is -2.71. The molecule has 0 aliphatic rings. The summed E-state index contributed by atoms with van der Waals surface area (Å²) in [4.78, 5) is 23.4. The topological polar surface area (TPSA) is 122 Å². The highest BCUT2D eigenvalue weighted by atomic mass is 32.2. The number of carboxylic acid groups (broad SMARTS) is 1. The highest BCUT2D eigenvalue weighted by Gasteiger charge is 2.11. The number of nitrogens with one attached hydrogen (secondary N) is 2. The molecule has 128 valence electrons. The van der Waals surface area contributed by atoms with Crippen LogP contribution in [0.4, 0.5) is 5.69 Å². The Kier molecular flexibility index (Phi) is 7.60. The zero-order valence-corrected chi connectivity index (χ0v) is 13.9. The van der Waals surface area contributed by atoms with Crippen LogP contribution in [0.1, 0.15) is 6.92 Å². The maximum Gasteiger partial charge on any atom is 0.337 e. The van der Waals surface area contributed by atoms with Crippen molar-refractivity contribution in [2.24, 2.45) is 5.14 Å². The van der Waals surface area contributed by atoms with Crippen molar-refractivity contribution < 1.29 is 18.9 Å². The van der Waals surface area contributed by atoms with Crippen molar-refractivity contribution in [3.8, 4) is 0 Å². The van der Waals surface area contributed by atoms with Crippen molar-refractivity contribution in [2.75, 3.05) is 11.9 Å². The SMILES string of the molecule is C=C(NCC(=O)Nc1ccc(S(N)=O)cc1)/C(=C\C=C/C)C(=O)O. The Morgan fingerprint density at radius 2 is 1.96 bits per heavy atom. The average molecular weight is 349 g/mol. The number of carboxylic acids is 1. The minimum atomic E-state index is -1.58. The fraction of sp³-hybridized carbons (Fsp3) is 0.125. The van der Waals surface area contributed by atoms with Gasteiger partial charge in [0.25, 0.3) is 0 Å². The third kappa shape index (κ3) is 6.19. The van der Waals surface area contributed by atoms with Gasteiger partial charge in [-0.1, -0.05) is 18.7 Å². The largest absolute Gasteiger partial charge is 0.478 e. The highest BCUT2D eigenvalue weighted by molar-refractivity contribution is 7.82. The van der Waals surface area contributed by atoms with Crippen LogP contribution in [0.25, 0.3) is 0 Å². The van der Waals surface area contributed by atoms with Crippen LogP contribution in [0.5, 0.6) is 0 Å². The monoisotopic (exact) mass is 349 g/mol. The summed E-state index contributed by atoms with van der Waals surface area (Å²) in [5, 5.41) is 19.6. The molecule has 5 N–H and O–H groups in total. The molecule has 0 spiro atoms. The molecule has 1 aromatic rings. The molecule has 1 aromatic carbocycles. The van der Waals surface area contributed by atoms with Crippen LogP contribution in [0.15, 0.2) is 65.2 Å². The van der Waals surface area contributed by atoms with Gasteiger partial charge in [0, 0.05) is 11.4 Å². The fourth-order valence-electron chi connectivity index (χ4n) is 1.65. The summed E-state index contributed by atoms with van der Waals surface area (Å²) in [6.45, 7) is 5.22. The van der Waals surface area contributed by atoms with Gasteiger partial charge in [-0.2, -0.15) is 0 Å². The zero-order chi connectivity index (χ0) is 18.1. The molecule has 24 heavy (non-hydrogen) atoms. The van der Waals surface area contributed by atoms with Crippen LogP contribution in [-0.2, 0) is 20.6 Å². The summed E-state index contributed by atoms with van der Waals surface area (Å²) in [6, 6.07) is 6.23. The number of benzene rings is 1. The quantitative estimate of drug-likeness (QED) is 0.416. The van der Waals surface area contributed by atoms with Gasteiger partial charge in [0.1, 0.15) is 11.0 Å². The van der Waals surface area contributed by atoms with Crippen molar-refractivity contribution in [2.45, 2.75) is 11.8 Å². The van der Waals surface area contributed by atoms with E-state index in [9.17, 15) is 13.8 Å². The number of allylic oxidation sites excluding steroid dienone is 3. The summed E-state index contributed by atoms with van der Waals surface area (Å²) in [6.07, 6.45) is 4.64. The Labute approximate surface area is 142 Å². The first-order valence-corrected chi connectivity index (χ1v) is 8.12. The molecule has 0 saturated carbocycles. The van der Waals surface area contributed by atoms with Crippen molar-refractivity contribution in [1.29, 1.82) is 0 Å². The van der Waals surface area contributed by atoms with E-state index in [0.29, 0.717) is 10.6 Å². The lowest BCUT2D eigenvalue weighted by molar-refractivity contribution is -0.132. The zero-order valence-electron chi connectivity index (χ0n) is 13.1. The van der Waals surface area contributed by atoms with Crippen molar-refractivity contribution in [3.63, 3.8) is 0 Å². The highest BCUT2D eigenvalue weighted by Crippen LogP contribution is 2.11. The van der Waals surface area contributed by atoms with Crippen molar-refractivity contribution >= 4 is 28.5 Å². The molecule has 0 bridgehead atoms. The molecule has 0 saturated heterocycles. The predicted octanol–water partition coefficient (Wildman–Crippen LogP) is 1.30. The molecule has 0 fully saturated rings. The molecule has 7 nitrogen and oxygen atoms in total. The number of nitrogens with two attached hydrogens (primary N) is 1. The van der Waals surface area contributed by atoms with E-state index < -0.39 is 17.0 Å². The standard InChI is InChI=1S/C16H19N3O4S/c1-3-4-5-14(16(21)22)11(2)18-10-15(20)19-12-6-8-13(9-7-12)24(17)23/h3-9,18H,2,10,17H2,1H3,(H,19,20)(H,21,22)/b4-3-,14-5+. The van der Waals surface area contributed by atoms with Crippen molar-refractivity contribution in [3.05, 3.63) is 60.3 Å². The van der Waals surface area contributed by atoms with Crippen LogP contribution in [-0.4, -0.2) is 27.7 Å². The average Bonchev–Trinajstić information content (AvgIpc) is 2.53. The molecule has 0 aliphatic heterocycles. The first-order chi connectivity index (χ1) is 11.3. The second kappa shape index (κ2) is 9.43. The van der Waals surface area contributed by atoms with Gasteiger partial charge in [-0.15, -0.1) is 0 Å². The Balaban J connectivity index is 2.60. The smallest absolute Gasteiger partial charge is 0.337 e. The second-order valence-electron chi connectivity index (χ2n) is 4.61. The molecule has 8 heteroatoms. The lowest BCUT2D eigenvalue weighted by Gasteiger charge is -2.10. The van der Waals surface area contributed by atoms with E-state index in [1.165, 1.54) is 6.08 Å². The lowest BCUT2D eigenvalue weighted by Crippen LogP contribution is -2.29. The van der Waals surface area contributed by atoms with Crippen LogP contribution in [0, 0.1) is 0 Å². The number of aliphatic carboxylic acids is 1. The first-order valence-electron chi connectivity index (χ1n) is 6.90. The van der Waals surface area contributed by atoms with Gasteiger partial charge in [0.05, 0.1) is 17.0 Å². The minimum absolute atomic E-state index is 0.0318. The Bertz CT molecular complexity index is 709. The van der Waals surface area contributed by atoms with E-state index in [-0.39, 0.29) is 23.7 Å². The number of hydrogen-bond acceptors (Lipinski definition) is 4. The summed E-state index contributed by atoms with van der Waals surface area (Å²) >= 11 is 0. The third-order valence-electron chi connectivity index (χ3n) is 2.84. The first kappa shape index (κ1) is 19.3. The van der Waals surface area contributed by atoms with Crippen LogP contribution >= 0.6 is 0 Å². The molecule has 1 atom stereocenters. The Morgan fingerprint density at radius 3 is 2.46 bits per heavy atom. The van der Waals surface area contributed by atoms with E-state index in [2.05, 4.69) is 17.2 Å². The number of carbonyl (C=O) groups is 2. The molecular formula is C16H19N3O4S. The number of amides is 1. The van der Waals surface area contributed by atoms with Crippen LogP contribution in [0.2, 0.25) is 0 Å². The summed E-state index contributed by atoms with van der Waals surface area (Å²) in [5.41, 5.74) is 0.602. The number of rotatable bonds is 8. The maximum absolute atomic E-state index is 11.9.